The Morgan fingerprint density at radius 2 is 0.581 bits per heavy atom. The summed E-state index contributed by atoms with van der Waals surface area (Å²) in [5.74, 6) is 0. The second-order valence-electron chi connectivity index (χ2n) is 7.74. The van der Waals surface area contributed by atoms with Crippen LogP contribution < -0.4 is 13.4 Å². The first-order valence-corrected chi connectivity index (χ1v) is 13.1. The molecule has 0 fully saturated rings. The molecule has 0 aromatic heterocycles. The Morgan fingerprint density at radius 1 is 0.290 bits per heavy atom. The molecule has 0 spiro atoms. The van der Waals surface area contributed by atoms with Crippen molar-refractivity contribution in [2.75, 3.05) is 0 Å². The molecule has 0 amide bonds. The van der Waals surface area contributed by atoms with Crippen LogP contribution >= 0.6 is 0 Å². The molecule has 0 saturated heterocycles. The third-order valence-electron chi connectivity index (χ3n) is 5.91. The molecule has 31 heavy (non-hydrogen) atoms. The minimum absolute atomic E-state index is 1.31. The van der Waals surface area contributed by atoms with Gasteiger partial charge < -0.3 is 0 Å². The Hall–Kier alpha value is -3.38. The summed E-state index contributed by atoms with van der Waals surface area (Å²) in [6.07, 6.45) is 0. The van der Waals surface area contributed by atoms with Crippen LogP contribution in [0.5, 0.6) is 0 Å². The summed E-state index contributed by atoms with van der Waals surface area (Å²) in [5.41, 5.74) is 0. The minimum atomic E-state index is -1.57. The van der Waals surface area contributed by atoms with Crippen molar-refractivity contribution in [3.8, 4) is 0 Å². The predicted octanol–water partition coefficient (Wildman–Crippen LogP) is 5.66. The molecule has 6 aromatic rings. The van der Waals surface area contributed by atoms with Crippen molar-refractivity contribution in [3.05, 3.63) is 127 Å². The van der Waals surface area contributed by atoms with E-state index in [4.69, 9.17) is 0 Å². The van der Waals surface area contributed by atoms with Crippen LogP contribution in [0.25, 0.3) is 32.3 Å². The zero-order chi connectivity index (χ0) is 20.6. The van der Waals surface area contributed by atoms with Crippen molar-refractivity contribution in [2.24, 2.45) is 0 Å². The molecule has 0 unspecified atom stereocenters. The van der Waals surface area contributed by atoms with Crippen molar-refractivity contribution < 1.29 is 0 Å². The molecule has 0 bridgehead atoms. The van der Waals surface area contributed by atoms with Gasteiger partial charge in [-0.2, -0.15) is 0 Å². The third kappa shape index (κ3) is 3.15. The second kappa shape index (κ2) is 7.70. The van der Waals surface area contributed by atoms with Crippen LogP contribution in [0, 0.1) is 0 Å². The number of hydrogen-bond donors (Lipinski definition) is 0. The van der Waals surface area contributed by atoms with E-state index in [1.165, 1.54) is 45.7 Å². The fourth-order valence-electron chi connectivity index (χ4n) is 4.48. The summed E-state index contributed by atoms with van der Waals surface area (Å²) >= 11 is -1.57. The van der Waals surface area contributed by atoms with Gasteiger partial charge in [0, 0.05) is 0 Å². The van der Waals surface area contributed by atoms with Gasteiger partial charge in [-0.05, 0) is 0 Å². The summed E-state index contributed by atoms with van der Waals surface area (Å²) in [5, 5.41) is 8.06. The van der Waals surface area contributed by atoms with E-state index in [0.29, 0.717) is 0 Å². The topological polar surface area (TPSA) is 0 Å². The Balaban J connectivity index is 1.75. The quantitative estimate of drug-likeness (QED) is 0.299. The zero-order valence-corrected chi connectivity index (χ0v) is 18.7. The summed E-state index contributed by atoms with van der Waals surface area (Å²) in [7, 11) is 0. The Kier molecular flexibility index (Phi) is 4.57. The van der Waals surface area contributed by atoms with Gasteiger partial charge in [-0.1, -0.05) is 0 Å². The van der Waals surface area contributed by atoms with Crippen LogP contribution in [0.2, 0.25) is 0 Å². The molecule has 6 aromatic carbocycles. The molecule has 6 rings (SSSR count). The van der Waals surface area contributed by atoms with Gasteiger partial charge in [0.25, 0.3) is 0 Å². The number of benzene rings is 6. The maximum atomic E-state index is 2.36. The number of hydrogen-bond acceptors (Lipinski definition) is 0. The molecule has 146 valence electrons. The molecule has 0 aliphatic carbocycles. The molecule has 0 N–H and O–H groups in total. The molecular formula is C30H21Se+. The molecule has 0 atom stereocenters. The van der Waals surface area contributed by atoms with Crippen LogP contribution in [0.15, 0.2) is 127 Å². The molecular weight excluding hydrogens is 439 g/mol. The summed E-state index contributed by atoms with van der Waals surface area (Å²) in [6, 6.07) is 46.9. The zero-order valence-electron chi connectivity index (χ0n) is 17.0. The van der Waals surface area contributed by atoms with Crippen molar-refractivity contribution in [2.45, 2.75) is 0 Å². The van der Waals surface area contributed by atoms with Crippen LogP contribution in [0.1, 0.15) is 0 Å². The van der Waals surface area contributed by atoms with E-state index in [9.17, 15) is 0 Å². The van der Waals surface area contributed by atoms with Gasteiger partial charge in [0.15, 0.2) is 0 Å². The maximum absolute atomic E-state index is 2.36. The average Bonchev–Trinajstić information content (AvgIpc) is 2.85. The van der Waals surface area contributed by atoms with E-state index in [1.54, 1.807) is 0 Å². The SMILES string of the molecule is c1ccc2c([Se+](c3cccc4ccccc34)c3cccc4ccccc34)cccc2c1. The first-order chi connectivity index (χ1) is 15.4. The summed E-state index contributed by atoms with van der Waals surface area (Å²) in [6.45, 7) is 0. The normalized spacial score (nSPS) is 11.5. The van der Waals surface area contributed by atoms with E-state index >= 15 is 0 Å². The molecule has 0 aliphatic rings. The van der Waals surface area contributed by atoms with E-state index in [1.807, 2.05) is 0 Å². The van der Waals surface area contributed by atoms with E-state index in [0.717, 1.165) is 0 Å². The Labute approximate surface area is 186 Å². The molecule has 0 heterocycles. The van der Waals surface area contributed by atoms with Crippen LogP contribution in [-0.2, 0) is 0 Å². The van der Waals surface area contributed by atoms with Gasteiger partial charge >= 0.3 is 187 Å². The van der Waals surface area contributed by atoms with Gasteiger partial charge in [-0.25, -0.2) is 0 Å². The molecule has 1 heteroatoms. The molecule has 0 nitrogen and oxygen atoms in total. The van der Waals surface area contributed by atoms with Crippen molar-refractivity contribution in [1.29, 1.82) is 0 Å². The van der Waals surface area contributed by atoms with Crippen LogP contribution in [0.4, 0.5) is 0 Å². The first kappa shape index (κ1) is 18.4. The number of rotatable bonds is 3. The van der Waals surface area contributed by atoms with Gasteiger partial charge in [0.1, 0.15) is 0 Å². The van der Waals surface area contributed by atoms with Gasteiger partial charge in [-0.15, -0.1) is 0 Å². The molecule has 0 aliphatic heterocycles. The van der Waals surface area contributed by atoms with Gasteiger partial charge in [0.05, 0.1) is 0 Å². The van der Waals surface area contributed by atoms with E-state index in [-0.39, 0.29) is 0 Å². The van der Waals surface area contributed by atoms with Crippen molar-refractivity contribution in [1.82, 2.24) is 0 Å². The van der Waals surface area contributed by atoms with Crippen LogP contribution in [-0.4, -0.2) is 13.9 Å². The average molecular weight is 460 g/mol. The Morgan fingerprint density at radius 3 is 0.935 bits per heavy atom. The van der Waals surface area contributed by atoms with Gasteiger partial charge in [-0.3, -0.25) is 0 Å². The fraction of sp³-hybridized carbons (Fsp3) is 0. The number of fused-ring (bicyclic) bond motifs is 3. The third-order valence-corrected chi connectivity index (χ3v) is 10.9. The van der Waals surface area contributed by atoms with Crippen molar-refractivity contribution >= 4 is 59.6 Å². The predicted molar refractivity (Wildman–Crippen MR) is 136 cm³/mol. The summed E-state index contributed by atoms with van der Waals surface area (Å²) < 4.78 is 4.43. The van der Waals surface area contributed by atoms with Crippen molar-refractivity contribution in [3.63, 3.8) is 0 Å². The van der Waals surface area contributed by atoms with E-state index in [2.05, 4.69) is 127 Å². The molecule has 0 radical (unpaired) electrons. The van der Waals surface area contributed by atoms with Crippen LogP contribution in [0.3, 0.4) is 0 Å². The Bertz CT molecular complexity index is 1340. The first-order valence-electron chi connectivity index (χ1n) is 10.6. The standard InChI is InChI=1S/C30H21Se/c1-4-16-25-22(10-1)13-7-19-28(25)31(29-20-8-14-23-11-2-5-17-26(23)29)30-21-9-15-24-12-3-6-18-27(24)30/h1-21H/q+1. The monoisotopic (exact) mass is 461 g/mol. The second-order valence-corrected chi connectivity index (χ2v) is 11.8. The van der Waals surface area contributed by atoms with E-state index < -0.39 is 13.9 Å². The summed E-state index contributed by atoms with van der Waals surface area (Å²) in [4.78, 5) is 0. The van der Waals surface area contributed by atoms with Gasteiger partial charge in [0.2, 0.25) is 0 Å². The molecule has 0 saturated carbocycles. The fourth-order valence-corrected chi connectivity index (χ4v) is 9.87.